The lowest BCUT2D eigenvalue weighted by atomic mass is 10.1. The fourth-order valence-electron chi connectivity index (χ4n) is 2.11. The zero-order chi connectivity index (χ0) is 14.3. The Morgan fingerprint density at radius 1 is 1.47 bits per heavy atom. The van der Waals surface area contributed by atoms with E-state index in [0.717, 1.165) is 26.1 Å². The Hall–Kier alpha value is -1.30. The molecule has 0 aliphatic carbocycles. The van der Waals surface area contributed by atoms with Crippen molar-refractivity contribution in [2.75, 3.05) is 26.3 Å². The Morgan fingerprint density at radius 3 is 2.74 bits per heavy atom. The maximum absolute atomic E-state index is 12.0. The summed E-state index contributed by atoms with van der Waals surface area (Å²) in [6.45, 7) is 6.21. The molecule has 0 saturated carbocycles. The molecule has 1 atom stereocenters. The first-order valence-corrected chi connectivity index (χ1v) is 6.84. The highest BCUT2D eigenvalue weighted by molar-refractivity contribution is 5.75. The van der Waals surface area contributed by atoms with Crippen LogP contribution >= 0.6 is 0 Å². The van der Waals surface area contributed by atoms with E-state index in [2.05, 4.69) is 5.32 Å². The number of rotatable bonds is 7. The lowest BCUT2D eigenvalue weighted by molar-refractivity contribution is -0.137. The molecule has 6 nitrogen and oxygen atoms in total. The molecule has 1 rings (SSSR count). The van der Waals surface area contributed by atoms with Crippen molar-refractivity contribution in [2.45, 2.75) is 39.2 Å². The van der Waals surface area contributed by atoms with Crippen LogP contribution in [0.3, 0.4) is 0 Å². The average Bonchev–Trinajstić information content (AvgIpc) is 2.81. The minimum Gasteiger partial charge on any atom is -0.481 e. The molecule has 0 bridgehead atoms. The number of nitrogens with zero attached hydrogens (tertiary/aromatic N) is 1. The van der Waals surface area contributed by atoms with Crippen LogP contribution in [0.2, 0.25) is 0 Å². The van der Waals surface area contributed by atoms with Gasteiger partial charge < -0.3 is 20.1 Å². The van der Waals surface area contributed by atoms with Gasteiger partial charge in [0.2, 0.25) is 0 Å². The van der Waals surface area contributed by atoms with Crippen LogP contribution in [0.5, 0.6) is 0 Å². The zero-order valence-electron chi connectivity index (χ0n) is 11.7. The van der Waals surface area contributed by atoms with E-state index in [1.165, 1.54) is 0 Å². The minimum atomic E-state index is -0.887. The number of carbonyl (C=O) groups excluding carboxylic acids is 1. The van der Waals surface area contributed by atoms with Crippen LogP contribution in [0.15, 0.2) is 0 Å². The third-order valence-corrected chi connectivity index (χ3v) is 3.30. The van der Waals surface area contributed by atoms with Crippen molar-refractivity contribution in [3.05, 3.63) is 0 Å². The van der Waals surface area contributed by atoms with Gasteiger partial charge in [0.15, 0.2) is 0 Å². The van der Waals surface area contributed by atoms with Gasteiger partial charge in [0.25, 0.3) is 0 Å². The predicted molar refractivity (Wildman–Crippen MR) is 71.0 cm³/mol. The van der Waals surface area contributed by atoms with Gasteiger partial charge in [0.1, 0.15) is 0 Å². The number of carboxylic acid groups (broad SMARTS) is 1. The predicted octanol–water partition coefficient (Wildman–Crippen LogP) is 1.31. The topological polar surface area (TPSA) is 78.9 Å². The van der Waals surface area contributed by atoms with E-state index in [1.807, 2.05) is 13.8 Å². The summed E-state index contributed by atoms with van der Waals surface area (Å²) in [7, 11) is 0. The number of urea groups is 1. The summed E-state index contributed by atoms with van der Waals surface area (Å²) in [5.74, 6) is -0.353. The highest BCUT2D eigenvalue weighted by atomic mass is 16.5. The smallest absolute Gasteiger partial charge is 0.317 e. The number of nitrogens with one attached hydrogen (secondary N) is 1. The van der Waals surface area contributed by atoms with E-state index >= 15 is 0 Å². The highest BCUT2D eigenvalue weighted by Crippen LogP contribution is 2.15. The van der Waals surface area contributed by atoms with Crippen molar-refractivity contribution in [1.29, 1.82) is 0 Å². The number of hydrogen-bond acceptors (Lipinski definition) is 3. The van der Waals surface area contributed by atoms with Crippen LogP contribution in [0.1, 0.15) is 33.1 Å². The molecule has 0 aromatic heterocycles. The van der Waals surface area contributed by atoms with Crippen LogP contribution in [-0.4, -0.2) is 54.4 Å². The second-order valence-electron chi connectivity index (χ2n) is 5.18. The molecule has 2 N–H and O–H groups in total. The molecular formula is C13H24N2O4. The quantitative estimate of drug-likeness (QED) is 0.732. The van der Waals surface area contributed by atoms with E-state index in [1.54, 1.807) is 4.90 Å². The number of carbonyl (C=O) groups is 2. The Morgan fingerprint density at radius 2 is 2.21 bits per heavy atom. The SMILES string of the molecule is CC(C)N(CCC(=O)O)C(=O)NCCC1CCOC1. The normalized spacial score (nSPS) is 18.6. The number of amides is 2. The van der Waals surface area contributed by atoms with Crippen molar-refractivity contribution in [3.8, 4) is 0 Å². The van der Waals surface area contributed by atoms with Crippen molar-refractivity contribution < 1.29 is 19.4 Å². The van der Waals surface area contributed by atoms with E-state index in [4.69, 9.17) is 9.84 Å². The first kappa shape index (κ1) is 15.8. The third-order valence-electron chi connectivity index (χ3n) is 3.30. The number of carboxylic acids is 1. The Bertz CT molecular complexity index is 301. The second kappa shape index (κ2) is 7.99. The number of aliphatic carboxylic acids is 1. The molecule has 6 heteroatoms. The van der Waals surface area contributed by atoms with E-state index in [-0.39, 0.29) is 25.0 Å². The molecule has 0 aromatic rings. The molecule has 0 radical (unpaired) electrons. The molecule has 1 aliphatic heterocycles. The fraction of sp³-hybridized carbons (Fsp3) is 0.846. The molecule has 110 valence electrons. The van der Waals surface area contributed by atoms with Crippen LogP contribution < -0.4 is 5.32 Å². The average molecular weight is 272 g/mol. The van der Waals surface area contributed by atoms with Crippen molar-refractivity contribution in [3.63, 3.8) is 0 Å². The molecule has 1 heterocycles. The second-order valence-corrected chi connectivity index (χ2v) is 5.18. The van der Waals surface area contributed by atoms with Gasteiger partial charge in [0, 0.05) is 32.3 Å². The molecule has 2 amide bonds. The minimum absolute atomic E-state index is 0.00540. The summed E-state index contributed by atoms with van der Waals surface area (Å²) < 4.78 is 5.28. The summed E-state index contributed by atoms with van der Waals surface area (Å²) >= 11 is 0. The van der Waals surface area contributed by atoms with E-state index in [0.29, 0.717) is 12.5 Å². The zero-order valence-corrected chi connectivity index (χ0v) is 11.7. The standard InChI is InChI=1S/C13H24N2O4/c1-10(2)15(7-4-12(16)17)13(18)14-6-3-11-5-8-19-9-11/h10-11H,3-9H2,1-2H3,(H,14,18)(H,16,17). The van der Waals surface area contributed by atoms with Crippen LogP contribution in [0.25, 0.3) is 0 Å². The largest absolute Gasteiger partial charge is 0.481 e. The summed E-state index contributed by atoms with van der Waals surface area (Å²) in [4.78, 5) is 24.1. The Kier molecular flexibility index (Phi) is 6.62. The van der Waals surface area contributed by atoms with Crippen molar-refractivity contribution in [2.24, 2.45) is 5.92 Å². The third kappa shape index (κ3) is 5.92. The van der Waals surface area contributed by atoms with Crippen molar-refractivity contribution >= 4 is 12.0 Å². The van der Waals surface area contributed by atoms with Crippen LogP contribution in [0.4, 0.5) is 4.79 Å². The number of hydrogen-bond donors (Lipinski definition) is 2. The molecule has 0 spiro atoms. The fourth-order valence-corrected chi connectivity index (χ4v) is 2.11. The molecule has 0 aromatic carbocycles. The van der Waals surface area contributed by atoms with Gasteiger partial charge in [-0.05, 0) is 32.6 Å². The summed E-state index contributed by atoms with van der Waals surface area (Å²) in [6, 6.07) is -0.190. The van der Waals surface area contributed by atoms with Gasteiger partial charge in [-0.1, -0.05) is 0 Å². The molecule has 1 unspecified atom stereocenters. The lowest BCUT2D eigenvalue weighted by Gasteiger charge is -2.26. The van der Waals surface area contributed by atoms with Crippen molar-refractivity contribution in [1.82, 2.24) is 10.2 Å². The molecule has 1 aliphatic rings. The van der Waals surface area contributed by atoms with Crippen LogP contribution in [0, 0.1) is 5.92 Å². The summed E-state index contributed by atoms with van der Waals surface area (Å²) in [6.07, 6.45) is 1.95. The molecule has 1 saturated heterocycles. The maximum atomic E-state index is 12.0. The maximum Gasteiger partial charge on any atom is 0.317 e. The first-order valence-electron chi connectivity index (χ1n) is 6.84. The van der Waals surface area contributed by atoms with Gasteiger partial charge in [-0.3, -0.25) is 4.79 Å². The van der Waals surface area contributed by atoms with E-state index in [9.17, 15) is 9.59 Å². The Labute approximate surface area is 114 Å². The van der Waals surface area contributed by atoms with Gasteiger partial charge in [-0.15, -0.1) is 0 Å². The van der Waals surface area contributed by atoms with Gasteiger partial charge in [-0.25, -0.2) is 4.79 Å². The lowest BCUT2D eigenvalue weighted by Crippen LogP contribution is -2.45. The first-order chi connectivity index (χ1) is 9.00. The number of ether oxygens (including phenoxy) is 1. The Balaban J connectivity index is 2.28. The molecule has 1 fully saturated rings. The summed E-state index contributed by atoms with van der Waals surface area (Å²) in [5, 5.41) is 11.5. The van der Waals surface area contributed by atoms with Gasteiger partial charge in [-0.2, -0.15) is 0 Å². The highest BCUT2D eigenvalue weighted by Gasteiger charge is 2.19. The van der Waals surface area contributed by atoms with Crippen LogP contribution in [-0.2, 0) is 9.53 Å². The van der Waals surface area contributed by atoms with Gasteiger partial charge in [0.05, 0.1) is 6.42 Å². The molecule has 19 heavy (non-hydrogen) atoms. The summed E-state index contributed by atoms with van der Waals surface area (Å²) in [5.41, 5.74) is 0. The van der Waals surface area contributed by atoms with Gasteiger partial charge >= 0.3 is 12.0 Å². The van der Waals surface area contributed by atoms with E-state index < -0.39 is 5.97 Å². The molecular weight excluding hydrogens is 248 g/mol. The monoisotopic (exact) mass is 272 g/mol.